The van der Waals surface area contributed by atoms with Gasteiger partial charge in [-0.2, -0.15) is 0 Å². The molecule has 0 aromatic rings. The minimum atomic E-state index is 0.432. The molecule has 0 aliphatic heterocycles. The van der Waals surface area contributed by atoms with E-state index in [1.54, 1.807) is 6.08 Å². The maximum Gasteiger partial charge on any atom is 0.106 e. The lowest BCUT2D eigenvalue weighted by Gasteiger charge is -2.03. The zero-order valence-electron chi connectivity index (χ0n) is 7.54. The lowest BCUT2D eigenvalue weighted by molar-refractivity contribution is -0.292. The maximum absolute atomic E-state index is 5.04. The molecule has 0 bridgehead atoms. The van der Waals surface area contributed by atoms with Gasteiger partial charge >= 0.3 is 0 Å². The Hall–Kier alpha value is -0.640. The summed E-state index contributed by atoms with van der Waals surface area (Å²) in [5.41, 5.74) is 0.932. The fraction of sp³-hybridized carbons (Fsp3) is 0.556. The van der Waals surface area contributed by atoms with Crippen molar-refractivity contribution in [2.24, 2.45) is 0 Å². The van der Waals surface area contributed by atoms with Crippen LogP contribution in [0.5, 0.6) is 0 Å². The van der Waals surface area contributed by atoms with E-state index in [9.17, 15) is 0 Å². The first-order valence-electron chi connectivity index (χ1n) is 3.84. The molecule has 0 saturated carbocycles. The highest BCUT2D eigenvalue weighted by Gasteiger charge is 1.89. The number of rotatable bonds is 8. The predicted octanol–water partition coefficient (Wildman–Crippen LogP) is 1.71. The standard InChI is InChI=1S/C9H16O3/c1-4-5-10-6-7-11-12-8-9(2)3/h4H,1-2,5-8H2,3H3. The molecule has 0 spiro atoms. The van der Waals surface area contributed by atoms with E-state index in [2.05, 4.69) is 13.2 Å². The number of hydrogen-bond donors (Lipinski definition) is 0. The van der Waals surface area contributed by atoms with E-state index < -0.39 is 0 Å². The Morgan fingerprint density at radius 3 is 2.67 bits per heavy atom. The quantitative estimate of drug-likeness (QED) is 0.241. The topological polar surface area (TPSA) is 27.7 Å². The van der Waals surface area contributed by atoms with E-state index in [-0.39, 0.29) is 0 Å². The van der Waals surface area contributed by atoms with Gasteiger partial charge < -0.3 is 4.74 Å². The summed E-state index contributed by atoms with van der Waals surface area (Å²) in [6, 6.07) is 0. The van der Waals surface area contributed by atoms with E-state index in [4.69, 9.17) is 14.5 Å². The summed E-state index contributed by atoms with van der Waals surface area (Å²) < 4.78 is 5.04. The average Bonchev–Trinajstić information content (AvgIpc) is 2.02. The van der Waals surface area contributed by atoms with Crippen molar-refractivity contribution in [3.05, 3.63) is 24.8 Å². The monoisotopic (exact) mass is 172 g/mol. The largest absolute Gasteiger partial charge is 0.375 e. The van der Waals surface area contributed by atoms with Crippen molar-refractivity contribution in [2.45, 2.75) is 6.92 Å². The van der Waals surface area contributed by atoms with E-state index in [1.165, 1.54) is 0 Å². The molecule has 0 amide bonds. The van der Waals surface area contributed by atoms with Crippen molar-refractivity contribution < 1.29 is 14.5 Å². The van der Waals surface area contributed by atoms with Crippen LogP contribution in [0.2, 0.25) is 0 Å². The molecule has 0 saturated heterocycles. The molecule has 0 aliphatic carbocycles. The molecule has 3 nitrogen and oxygen atoms in total. The molecule has 0 heterocycles. The summed E-state index contributed by atoms with van der Waals surface area (Å²) in [5.74, 6) is 0. The molecule has 12 heavy (non-hydrogen) atoms. The van der Waals surface area contributed by atoms with Crippen LogP contribution in [-0.2, 0) is 14.5 Å². The molecule has 0 aliphatic rings. The van der Waals surface area contributed by atoms with Gasteiger partial charge in [-0.15, -0.1) is 6.58 Å². The van der Waals surface area contributed by atoms with Crippen molar-refractivity contribution >= 4 is 0 Å². The minimum absolute atomic E-state index is 0.432. The third-order valence-corrected chi connectivity index (χ3v) is 0.935. The first-order valence-corrected chi connectivity index (χ1v) is 3.84. The fourth-order valence-electron chi connectivity index (χ4n) is 0.461. The van der Waals surface area contributed by atoms with Gasteiger partial charge in [0, 0.05) is 0 Å². The summed E-state index contributed by atoms with van der Waals surface area (Å²) in [4.78, 5) is 9.54. The molecule has 3 heteroatoms. The Balaban J connectivity index is 2.90. The van der Waals surface area contributed by atoms with Crippen LogP contribution >= 0.6 is 0 Å². The molecule has 0 fully saturated rings. The van der Waals surface area contributed by atoms with Crippen LogP contribution in [0.4, 0.5) is 0 Å². The Kier molecular flexibility index (Phi) is 8.01. The fourth-order valence-corrected chi connectivity index (χ4v) is 0.461. The number of ether oxygens (including phenoxy) is 1. The van der Waals surface area contributed by atoms with Gasteiger partial charge in [0.05, 0.1) is 13.2 Å². The van der Waals surface area contributed by atoms with Gasteiger partial charge in [-0.05, 0) is 6.92 Å². The summed E-state index contributed by atoms with van der Waals surface area (Å²) >= 11 is 0. The summed E-state index contributed by atoms with van der Waals surface area (Å²) in [7, 11) is 0. The molecular weight excluding hydrogens is 156 g/mol. The van der Waals surface area contributed by atoms with E-state index >= 15 is 0 Å². The van der Waals surface area contributed by atoms with Crippen LogP contribution in [0, 0.1) is 0 Å². The minimum Gasteiger partial charge on any atom is -0.375 e. The van der Waals surface area contributed by atoms with Gasteiger partial charge in [-0.1, -0.05) is 18.2 Å². The van der Waals surface area contributed by atoms with Crippen LogP contribution in [0.1, 0.15) is 6.92 Å². The van der Waals surface area contributed by atoms with Gasteiger partial charge in [0.2, 0.25) is 0 Å². The Bertz CT molecular complexity index is 132. The second-order valence-electron chi connectivity index (χ2n) is 2.40. The van der Waals surface area contributed by atoms with Crippen LogP contribution in [-0.4, -0.2) is 26.4 Å². The van der Waals surface area contributed by atoms with Crippen molar-refractivity contribution in [1.82, 2.24) is 0 Å². The van der Waals surface area contributed by atoms with E-state index in [0.717, 1.165) is 5.57 Å². The van der Waals surface area contributed by atoms with Gasteiger partial charge in [0.25, 0.3) is 0 Å². The molecule has 70 valence electrons. The maximum atomic E-state index is 5.04. The zero-order chi connectivity index (χ0) is 9.23. The van der Waals surface area contributed by atoms with Gasteiger partial charge in [-0.25, -0.2) is 9.78 Å². The molecule has 0 aromatic heterocycles. The highest BCUT2D eigenvalue weighted by Crippen LogP contribution is 1.88. The molecule has 0 atom stereocenters. The predicted molar refractivity (Wildman–Crippen MR) is 47.7 cm³/mol. The van der Waals surface area contributed by atoms with Crippen LogP contribution in [0.15, 0.2) is 24.8 Å². The Labute approximate surface area is 73.5 Å². The van der Waals surface area contributed by atoms with Crippen molar-refractivity contribution in [3.63, 3.8) is 0 Å². The lowest BCUT2D eigenvalue weighted by Crippen LogP contribution is -2.05. The van der Waals surface area contributed by atoms with Gasteiger partial charge in [-0.3, -0.25) is 0 Å². The zero-order valence-corrected chi connectivity index (χ0v) is 7.54. The number of hydrogen-bond acceptors (Lipinski definition) is 3. The van der Waals surface area contributed by atoms with E-state index in [0.29, 0.717) is 26.4 Å². The van der Waals surface area contributed by atoms with E-state index in [1.807, 2.05) is 6.92 Å². The van der Waals surface area contributed by atoms with Crippen molar-refractivity contribution in [2.75, 3.05) is 26.4 Å². The average molecular weight is 172 g/mol. The van der Waals surface area contributed by atoms with Gasteiger partial charge in [0.1, 0.15) is 13.2 Å². The first kappa shape index (κ1) is 11.4. The van der Waals surface area contributed by atoms with Crippen LogP contribution in [0.25, 0.3) is 0 Å². The first-order chi connectivity index (χ1) is 5.77. The molecule has 0 aromatic carbocycles. The van der Waals surface area contributed by atoms with Crippen LogP contribution in [0.3, 0.4) is 0 Å². The highest BCUT2D eigenvalue weighted by molar-refractivity contribution is 4.86. The molecule has 0 unspecified atom stereocenters. The Morgan fingerprint density at radius 2 is 2.08 bits per heavy atom. The normalized spacial score (nSPS) is 9.75. The molecule has 0 N–H and O–H groups in total. The summed E-state index contributed by atoms with van der Waals surface area (Å²) in [5, 5.41) is 0. The summed E-state index contributed by atoms with van der Waals surface area (Å²) in [6.45, 7) is 11.0. The third-order valence-electron chi connectivity index (χ3n) is 0.935. The highest BCUT2D eigenvalue weighted by atomic mass is 17.2. The second-order valence-corrected chi connectivity index (χ2v) is 2.40. The summed E-state index contributed by atoms with van der Waals surface area (Å²) in [6.07, 6.45) is 1.69. The van der Waals surface area contributed by atoms with Gasteiger partial charge in [0.15, 0.2) is 0 Å². The lowest BCUT2D eigenvalue weighted by atomic mass is 10.4. The van der Waals surface area contributed by atoms with Crippen molar-refractivity contribution in [1.29, 1.82) is 0 Å². The third kappa shape index (κ3) is 9.36. The SMILES string of the molecule is C=CCOCCOOCC(=C)C. The molecule has 0 rings (SSSR count). The molecule has 0 radical (unpaired) electrons. The second kappa shape index (κ2) is 8.46. The molecular formula is C9H16O3. The van der Waals surface area contributed by atoms with Crippen LogP contribution < -0.4 is 0 Å². The smallest absolute Gasteiger partial charge is 0.106 e. The Morgan fingerprint density at radius 1 is 1.33 bits per heavy atom. The van der Waals surface area contributed by atoms with Crippen molar-refractivity contribution in [3.8, 4) is 0 Å².